The Labute approximate surface area is 171 Å². The molecule has 2 N–H and O–H groups in total. The molecule has 0 fully saturated rings. The first-order chi connectivity index (χ1) is 14.0. The van der Waals surface area contributed by atoms with Crippen LogP contribution in [0.2, 0.25) is 0 Å². The van der Waals surface area contributed by atoms with Gasteiger partial charge in [0.15, 0.2) is 17.5 Å². The fraction of sp³-hybridized carbons (Fsp3) is 0.273. The number of aromatic nitrogens is 1. The third-order valence-corrected chi connectivity index (χ3v) is 4.56. The van der Waals surface area contributed by atoms with E-state index in [9.17, 15) is 0 Å². The highest BCUT2D eigenvalue weighted by atomic mass is 16.5. The zero-order chi connectivity index (χ0) is 20.8. The number of methoxy groups -OCH3 is 2. The number of hydrogen-bond donors (Lipinski definition) is 2. The van der Waals surface area contributed by atoms with Crippen molar-refractivity contribution in [1.29, 1.82) is 0 Å². The topological polar surface area (TPSA) is 71.0 Å². The van der Waals surface area contributed by atoms with Crippen LogP contribution in [0.4, 0.5) is 11.5 Å². The molecule has 152 valence electrons. The van der Waals surface area contributed by atoms with Gasteiger partial charge in [-0.05, 0) is 29.8 Å². The minimum absolute atomic E-state index is 0.608. The Hall–Kier alpha value is -3.48. The van der Waals surface area contributed by atoms with Crippen molar-refractivity contribution in [2.45, 2.75) is 6.54 Å². The number of ether oxygens (including phenoxy) is 2. The molecule has 0 saturated heterocycles. The second-order valence-electron chi connectivity index (χ2n) is 6.67. The summed E-state index contributed by atoms with van der Waals surface area (Å²) in [5.41, 5.74) is 2.97. The summed E-state index contributed by atoms with van der Waals surface area (Å²) in [5, 5.41) is 7.78. The van der Waals surface area contributed by atoms with Gasteiger partial charge in [-0.3, -0.25) is 4.99 Å². The first-order valence-corrected chi connectivity index (χ1v) is 9.31. The SMILES string of the molecule is CN=C(NCc1cc(N(C)C)nc2ccccc12)Nc1ccc(OC)c(OC)c1. The Bertz CT molecular complexity index is 1020. The minimum atomic E-state index is 0.608. The first-order valence-electron chi connectivity index (χ1n) is 9.31. The maximum atomic E-state index is 5.37. The van der Waals surface area contributed by atoms with Crippen molar-refractivity contribution in [3.05, 3.63) is 54.1 Å². The van der Waals surface area contributed by atoms with Gasteiger partial charge in [0, 0.05) is 44.8 Å². The molecule has 0 saturated carbocycles. The van der Waals surface area contributed by atoms with Gasteiger partial charge in [-0.25, -0.2) is 4.98 Å². The molecule has 3 rings (SSSR count). The Morgan fingerprint density at radius 2 is 1.79 bits per heavy atom. The predicted molar refractivity (Wildman–Crippen MR) is 119 cm³/mol. The molecule has 0 spiro atoms. The number of guanidine groups is 1. The Balaban J connectivity index is 1.79. The molecule has 3 aromatic rings. The highest BCUT2D eigenvalue weighted by molar-refractivity contribution is 5.94. The van der Waals surface area contributed by atoms with Crippen LogP contribution in [0.5, 0.6) is 11.5 Å². The smallest absolute Gasteiger partial charge is 0.195 e. The third kappa shape index (κ3) is 4.68. The van der Waals surface area contributed by atoms with Crippen molar-refractivity contribution < 1.29 is 9.47 Å². The van der Waals surface area contributed by atoms with Gasteiger partial charge in [-0.1, -0.05) is 18.2 Å². The van der Waals surface area contributed by atoms with Crippen molar-refractivity contribution in [2.24, 2.45) is 4.99 Å². The van der Waals surface area contributed by atoms with E-state index in [1.165, 1.54) is 0 Å². The summed E-state index contributed by atoms with van der Waals surface area (Å²) in [4.78, 5) is 11.0. The van der Waals surface area contributed by atoms with Crippen LogP contribution in [0, 0.1) is 0 Å². The van der Waals surface area contributed by atoms with Gasteiger partial charge in [0.2, 0.25) is 0 Å². The van der Waals surface area contributed by atoms with Crippen LogP contribution in [0.25, 0.3) is 10.9 Å². The van der Waals surface area contributed by atoms with Crippen LogP contribution in [-0.4, -0.2) is 46.3 Å². The highest BCUT2D eigenvalue weighted by Crippen LogP contribution is 2.29. The number of fused-ring (bicyclic) bond motifs is 1. The lowest BCUT2D eigenvalue weighted by atomic mass is 10.1. The summed E-state index contributed by atoms with van der Waals surface area (Å²) in [6, 6.07) is 15.9. The lowest BCUT2D eigenvalue weighted by molar-refractivity contribution is 0.355. The lowest BCUT2D eigenvalue weighted by Gasteiger charge is -2.17. The number of hydrogen-bond acceptors (Lipinski definition) is 5. The fourth-order valence-corrected chi connectivity index (χ4v) is 3.02. The van der Waals surface area contributed by atoms with E-state index in [0.717, 1.165) is 28.0 Å². The maximum absolute atomic E-state index is 5.37. The van der Waals surface area contributed by atoms with Crippen LogP contribution >= 0.6 is 0 Å². The largest absolute Gasteiger partial charge is 0.493 e. The van der Waals surface area contributed by atoms with Crippen molar-refractivity contribution in [3.63, 3.8) is 0 Å². The summed E-state index contributed by atoms with van der Waals surface area (Å²) in [6.45, 7) is 0.608. The summed E-state index contributed by atoms with van der Waals surface area (Å²) in [5.74, 6) is 2.91. The van der Waals surface area contributed by atoms with Crippen LogP contribution in [0.3, 0.4) is 0 Å². The lowest BCUT2D eigenvalue weighted by Crippen LogP contribution is -2.30. The average molecular weight is 393 g/mol. The zero-order valence-corrected chi connectivity index (χ0v) is 17.5. The van der Waals surface area contributed by atoms with Crippen molar-refractivity contribution in [2.75, 3.05) is 45.6 Å². The maximum Gasteiger partial charge on any atom is 0.195 e. The molecule has 0 unspecified atom stereocenters. The van der Waals surface area contributed by atoms with Gasteiger partial charge in [-0.2, -0.15) is 0 Å². The minimum Gasteiger partial charge on any atom is -0.493 e. The Kier molecular flexibility index (Phi) is 6.39. The van der Waals surface area contributed by atoms with Gasteiger partial charge < -0.3 is 25.0 Å². The van der Waals surface area contributed by atoms with Gasteiger partial charge >= 0.3 is 0 Å². The molecule has 0 aliphatic heterocycles. The zero-order valence-electron chi connectivity index (χ0n) is 17.5. The molecule has 0 bridgehead atoms. The molecule has 7 nitrogen and oxygen atoms in total. The quantitative estimate of drug-likeness (QED) is 0.493. The summed E-state index contributed by atoms with van der Waals surface area (Å²) in [6.07, 6.45) is 0. The van der Waals surface area contributed by atoms with E-state index in [2.05, 4.69) is 27.8 Å². The molecule has 1 heterocycles. The summed E-state index contributed by atoms with van der Waals surface area (Å²) >= 11 is 0. The highest BCUT2D eigenvalue weighted by Gasteiger charge is 2.09. The summed E-state index contributed by atoms with van der Waals surface area (Å²) in [7, 11) is 8.96. The molecule has 0 amide bonds. The fourth-order valence-electron chi connectivity index (χ4n) is 3.02. The molecule has 0 aliphatic rings. The van der Waals surface area contributed by atoms with E-state index in [4.69, 9.17) is 14.5 Å². The van der Waals surface area contributed by atoms with Crippen LogP contribution in [0.15, 0.2) is 53.5 Å². The van der Waals surface area contributed by atoms with E-state index < -0.39 is 0 Å². The number of nitrogens with one attached hydrogen (secondary N) is 2. The summed E-state index contributed by atoms with van der Waals surface area (Å²) < 4.78 is 10.7. The number of aliphatic imine (C=N–C) groups is 1. The van der Waals surface area contributed by atoms with Crippen molar-refractivity contribution in [1.82, 2.24) is 10.3 Å². The second kappa shape index (κ2) is 9.14. The average Bonchev–Trinajstić information content (AvgIpc) is 2.75. The molecule has 0 aliphatic carbocycles. The molecule has 29 heavy (non-hydrogen) atoms. The number of nitrogens with zero attached hydrogens (tertiary/aromatic N) is 3. The first kappa shape index (κ1) is 20.3. The van der Waals surface area contributed by atoms with Crippen molar-refractivity contribution >= 4 is 28.4 Å². The predicted octanol–water partition coefficient (Wildman–Crippen LogP) is 3.51. The molecular formula is C22H27N5O2. The van der Waals surface area contributed by atoms with E-state index in [0.29, 0.717) is 24.0 Å². The van der Waals surface area contributed by atoms with Gasteiger partial charge in [0.1, 0.15) is 5.82 Å². The van der Waals surface area contributed by atoms with E-state index in [1.54, 1.807) is 21.3 Å². The number of pyridine rings is 1. The van der Waals surface area contributed by atoms with Crippen molar-refractivity contribution in [3.8, 4) is 11.5 Å². The monoisotopic (exact) mass is 393 g/mol. The van der Waals surface area contributed by atoms with Gasteiger partial charge in [0.25, 0.3) is 0 Å². The Morgan fingerprint density at radius 3 is 2.48 bits per heavy atom. The van der Waals surface area contributed by atoms with Crippen LogP contribution < -0.4 is 25.0 Å². The molecule has 0 radical (unpaired) electrons. The standard InChI is InChI=1S/C22H27N5O2/c1-23-22(25-16-10-11-19(28-4)20(13-16)29-5)24-14-15-12-21(27(2)3)26-18-9-7-6-8-17(15)18/h6-13H,14H2,1-5H3,(H2,23,24,25). The molecule has 0 atom stereocenters. The molecule has 7 heteroatoms. The number of anilines is 2. The van der Waals surface area contributed by atoms with E-state index >= 15 is 0 Å². The Morgan fingerprint density at radius 1 is 1.03 bits per heavy atom. The third-order valence-electron chi connectivity index (χ3n) is 4.56. The second-order valence-corrected chi connectivity index (χ2v) is 6.67. The van der Waals surface area contributed by atoms with E-state index in [-0.39, 0.29) is 0 Å². The molecular weight excluding hydrogens is 366 g/mol. The van der Waals surface area contributed by atoms with Crippen LogP contribution in [-0.2, 0) is 6.54 Å². The normalized spacial score (nSPS) is 11.3. The number of para-hydroxylation sites is 1. The van der Waals surface area contributed by atoms with Gasteiger partial charge in [-0.15, -0.1) is 0 Å². The van der Waals surface area contributed by atoms with Gasteiger partial charge in [0.05, 0.1) is 19.7 Å². The molecule has 2 aromatic carbocycles. The molecule has 1 aromatic heterocycles. The van der Waals surface area contributed by atoms with E-state index in [1.807, 2.05) is 55.4 Å². The van der Waals surface area contributed by atoms with Crippen LogP contribution in [0.1, 0.15) is 5.56 Å². The number of rotatable bonds is 6. The number of benzene rings is 2.